The van der Waals surface area contributed by atoms with E-state index in [1.54, 1.807) is 18.4 Å². The van der Waals surface area contributed by atoms with Crippen LogP contribution >= 0.6 is 15.9 Å². The zero-order valence-electron chi connectivity index (χ0n) is 10.8. The number of para-hydroxylation sites is 1. The summed E-state index contributed by atoms with van der Waals surface area (Å²) >= 11 is 3.38. The number of urea groups is 1. The molecule has 0 unspecified atom stereocenters. The van der Waals surface area contributed by atoms with Crippen LogP contribution in [0.3, 0.4) is 0 Å². The van der Waals surface area contributed by atoms with Crippen molar-refractivity contribution in [2.45, 2.75) is 13.5 Å². The van der Waals surface area contributed by atoms with Gasteiger partial charge in [-0.15, -0.1) is 0 Å². The summed E-state index contributed by atoms with van der Waals surface area (Å²) in [5.74, 6) is 6.25. The van der Waals surface area contributed by atoms with Crippen LogP contribution in [0.5, 0.6) is 5.75 Å². The first-order valence-corrected chi connectivity index (χ1v) is 6.62. The number of ether oxygens (including phenoxy) is 1. The Labute approximate surface area is 124 Å². The first kappa shape index (κ1) is 14.4. The Hall–Kier alpha value is -1.99. The molecule has 1 heterocycles. The van der Waals surface area contributed by atoms with Crippen molar-refractivity contribution in [2.75, 3.05) is 5.32 Å². The third-order valence-electron chi connectivity index (χ3n) is 2.49. The van der Waals surface area contributed by atoms with Gasteiger partial charge in [0.2, 0.25) is 0 Å². The van der Waals surface area contributed by atoms with E-state index in [4.69, 9.17) is 15.0 Å². The largest absolute Gasteiger partial charge is 0.482 e. The Morgan fingerprint density at radius 3 is 2.95 bits per heavy atom. The van der Waals surface area contributed by atoms with E-state index >= 15 is 0 Å². The lowest BCUT2D eigenvalue weighted by Gasteiger charge is -2.13. The standard InChI is InChI=1S/C13H14BrN3O3/c1-8-5-9(19-6-8)7-20-12-10(14)3-2-4-11(12)16-13(18)17-15/h2-6H,7,15H2,1H3,(H2,16,17,18). The Balaban J connectivity index is 2.14. The van der Waals surface area contributed by atoms with Gasteiger partial charge in [0.15, 0.2) is 5.75 Å². The molecule has 2 rings (SSSR count). The molecule has 20 heavy (non-hydrogen) atoms. The van der Waals surface area contributed by atoms with E-state index in [9.17, 15) is 4.79 Å². The fourth-order valence-corrected chi connectivity index (χ4v) is 2.10. The number of hydrogen-bond acceptors (Lipinski definition) is 4. The van der Waals surface area contributed by atoms with E-state index in [1.165, 1.54) is 0 Å². The summed E-state index contributed by atoms with van der Waals surface area (Å²) in [7, 11) is 0. The highest BCUT2D eigenvalue weighted by Gasteiger charge is 2.11. The molecule has 0 aliphatic heterocycles. The predicted molar refractivity (Wildman–Crippen MR) is 78.3 cm³/mol. The lowest BCUT2D eigenvalue weighted by Crippen LogP contribution is -2.34. The number of hydrazine groups is 1. The molecule has 0 aliphatic carbocycles. The summed E-state index contributed by atoms with van der Waals surface area (Å²) in [5.41, 5.74) is 3.53. The summed E-state index contributed by atoms with van der Waals surface area (Å²) in [6.07, 6.45) is 1.65. The average molecular weight is 340 g/mol. The van der Waals surface area contributed by atoms with Crippen molar-refractivity contribution in [3.8, 4) is 5.75 Å². The maximum atomic E-state index is 11.3. The van der Waals surface area contributed by atoms with E-state index in [2.05, 4.69) is 21.2 Å². The third kappa shape index (κ3) is 3.52. The summed E-state index contributed by atoms with van der Waals surface area (Å²) < 4.78 is 11.7. The van der Waals surface area contributed by atoms with Crippen LogP contribution in [0.15, 0.2) is 39.4 Å². The van der Waals surface area contributed by atoms with Gasteiger partial charge in [-0.25, -0.2) is 10.6 Å². The average Bonchev–Trinajstić information content (AvgIpc) is 2.83. The van der Waals surface area contributed by atoms with Crippen LogP contribution in [0, 0.1) is 6.92 Å². The Morgan fingerprint density at radius 1 is 1.50 bits per heavy atom. The first-order valence-electron chi connectivity index (χ1n) is 5.83. The van der Waals surface area contributed by atoms with Crippen LogP contribution in [-0.2, 0) is 6.61 Å². The van der Waals surface area contributed by atoms with Crippen molar-refractivity contribution in [1.29, 1.82) is 0 Å². The third-order valence-corrected chi connectivity index (χ3v) is 3.11. The summed E-state index contributed by atoms with van der Waals surface area (Å²) in [4.78, 5) is 11.3. The van der Waals surface area contributed by atoms with Gasteiger partial charge in [0.05, 0.1) is 16.4 Å². The zero-order valence-corrected chi connectivity index (χ0v) is 12.4. The van der Waals surface area contributed by atoms with Gasteiger partial charge >= 0.3 is 6.03 Å². The second-order valence-corrected chi connectivity index (χ2v) is 4.95. The van der Waals surface area contributed by atoms with Crippen LogP contribution in [0.1, 0.15) is 11.3 Å². The molecule has 6 nitrogen and oxygen atoms in total. The van der Waals surface area contributed by atoms with Gasteiger partial charge < -0.3 is 14.5 Å². The van der Waals surface area contributed by atoms with Gasteiger partial charge in [-0.2, -0.15) is 0 Å². The van der Waals surface area contributed by atoms with E-state index in [0.717, 1.165) is 10.0 Å². The number of nitrogens with one attached hydrogen (secondary N) is 2. The molecule has 1 aromatic heterocycles. The lowest BCUT2D eigenvalue weighted by atomic mass is 10.3. The normalized spacial score (nSPS) is 10.2. The quantitative estimate of drug-likeness (QED) is 0.454. The van der Waals surface area contributed by atoms with E-state index in [0.29, 0.717) is 17.2 Å². The minimum atomic E-state index is -0.526. The number of furan rings is 1. The van der Waals surface area contributed by atoms with Crippen LogP contribution in [-0.4, -0.2) is 6.03 Å². The number of nitrogens with two attached hydrogens (primary N) is 1. The van der Waals surface area contributed by atoms with Crippen molar-refractivity contribution in [3.63, 3.8) is 0 Å². The van der Waals surface area contributed by atoms with Gasteiger partial charge in [-0.3, -0.25) is 5.43 Å². The molecule has 106 valence electrons. The number of anilines is 1. The van der Waals surface area contributed by atoms with E-state index < -0.39 is 6.03 Å². The van der Waals surface area contributed by atoms with Crippen molar-refractivity contribution >= 4 is 27.6 Å². The molecular weight excluding hydrogens is 326 g/mol. The number of hydrogen-bond donors (Lipinski definition) is 3. The molecule has 0 radical (unpaired) electrons. The molecule has 0 saturated heterocycles. The van der Waals surface area contributed by atoms with Gasteiger partial charge in [0.25, 0.3) is 0 Å². The minimum absolute atomic E-state index is 0.259. The van der Waals surface area contributed by atoms with Gasteiger partial charge in [-0.05, 0) is 46.6 Å². The molecule has 1 aromatic carbocycles. The Kier molecular flexibility index (Phi) is 4.65. The zero-order chi connectivity index (χ0) is 14.5. The molecule has 2 aromatic rings. The van der Waals surface area contributed by atoms with Gasteiger partial charge in [-0.1, -0.05) is 6.07 Å². The van der Waals surface area contributed by atoms with Gasteiger partial charge in [0.1, 0.15) is 12.4 Å². The second kappa shape index (κ2) is 6.44. The molecule has 0 bridgehead atoms. The maximum absolute atomic E-state index is 11.3. The first-order chi connectivity index (χ1) is 9.60. The van der Waals surface area contributed by atoms with Crippen LogP contribution in [0.2, 0.25) is 0 Å². The number of carbonyl (C=O) groups excluding carboxylic acids is 1. The molecule has 0 saturated carbocycles. The summed E-state index contributed by atoms with van der Waals surface area (Å²) in [6.45, 7) is 2.19. The molecule has 0 fully saturated rings. The smallest absolute Gasteiger partial charge is 0.333 e. The van der Waals surface area contributed by atoms with Crippen molar-refractivity contribution in [1.82, 2.24) is 5.43 Å². The number of amides is 2. The SMILES string of the molecule is Cc1coc(COc2c(Br)cccc2NC(=O)NN)c1. The number of carbonyl (C=O) groups is 1. The highest BCUT2D eigenvalue weighted by atomic mass is 79.9. The predicted octanol–water partition coefficient (Wildman–Crippen LogP) is 2.92. The number of halogens is 1. The molecule has 0 aliphatic rings. The fourth-order valence-electron chi connectivity index (χ4n) is 1.62. The van der Waals surface area contributed by atoms with E-state index in [1.807, 2.05) is 24.5 Å². The topological polar surface area (TPSA) is 89.5 Å². The maximum Gasteiger partial charge on any atom is 0.333 e. The molecule has 0 spiro atoms. The fraction of sp³-hybridized carbons (Fsp3) is 0.154. The summed E-state index contributed by atoms with van der Waals surface area (Å²) in [6, 6.07) is 6.66. The minimum Gasteiger partial charge on any atom is -0.482 e. The molecular formula is C13H14BrN3O3. The van der Waals surface area contributed by atoms with Crippen molar-refractivity contribution in [3.05, 3.63) is 46.3 Å². The van der Waals surface area contributed by atoms with Crippen molar-refractivity contribution < 1.29 is 13.9 Å². The number of aryl methyl sites for hydroxylation is 1. The lowest BCUT2D eigenvalue weighted by molar-refractivity contribution is 0.251. The highest BCUT2D eigenvalue weighted by molar-refractivity contribution is 9.10. The number of benzene rings is 1. The van der Waals surface area contributed by atoms with Crippen LogP contribution < -0.4 is 21.3 Å². The highest BCUT2D eigenvalue weighted by Crippen LogP contribution is 2.33. The van der Waals surface area contributed by atoms with E-state index in [-0.39, 0.29) is 6.61 Å². The molecule has 4 N–H and O–H groups in total. The monoisotopic (exact) mass is 339 g/mol. The molecule has 2 amide bonds. The van der Waals surface area contributed by atoms with Gasteiger partial charge in [0, 0.05) is 0 Å². The number of rotatable bonds is 4. The van der Waals surface area contributed by atoms with Crippen molar-refractivity contribution in [2.24, 2.45) is 5.84 Å². The molecule has 7 heteroatoms. The Morgan fingerprint density at radius 2 is 2.30 bits per heavy atom. The van der Waals surface area contributed by atoms with Crippen LogP contribution in [0.4, 0.5) is 10.5 Å². The molecule has 0 atom stereocenters. The van der Waals surface area contributed by atoms with Crippen LogP contribution in [0.25, 0.3) is 0 Å². The Bertz CT molecular complexity index is 613. The second-order valence-electron chi connectivity index (χ2n) is 4.09. The summed E-state index contributed by atoms with van der Waals surface area (Å²) in [5, 5.41) is 2.58.